The van der Waals surface area contributed by atoms with Crippen molar-refractivity contribution >= 4 is 17.7 Å². The standard InChI is InChI=1S/C17H19F3N2O5/c18-17(19,20)12-8-22(7-11(12)15(23)24)16(25)21-13-3-1-2-4-14(13)27-10-5-6-26-9-10/h1-4,10-12H,5-9H2,(H,21,25)(H,23,24)/t10?,11-,12-/m1/s1. The Labute approximate surface area is 153 Å². The van der Waals surface area contributed by atoms with Gasteiger partial charge in [-0.2, -0.15) is 13.2 Å². The molecule has 0 aliphatic carbocycles. The first-order valence-corrected chi connectivity index (χ1v) is 8.44. The lowest BCUT2D eigenvalue weighted by atomic mass is 9.96. The molecule has 2 aliphatic heterocycles. The zero-order valence-corrected chi connectivity index (χ0v) is 14.2. The van der Waals surface area contributed by atoms with E-state index in [-0.39, 0.29) is 6.10 Å². The van der Waals surface area contributed by atoms with Crippen LogP contribution in [0.25, 0.3) is 0 Å². The molecule has 0 aromatic heterocycles. The molecule has 2 fully saturated rings. The van der Waals surface area contributed by atoms with Gasteiger partial charge in [-0.3, -0.25) is 4.79 Å². The van der Waals surface area contributed by atoms with Gasteiger partial charge in [0.15, 0.2) is 0 Å². The molecule has 148 valence electrons. The molecule has 0 spiro atoms. The lowest BCUT2D eigenvalue weighted by Crippen LogP contribution is -2.35. The van der Waals surface area contributed by atoms with Crippen molar-refractivity contribution in [3.8, 4) is 5.75 Å². The number of alkyl halides is 3. The summed E-state index contributed by atoms with van der Waals surface area (Å²) in [5.74, 6) is -4.97. The van der Waals surface area contributed by atoms with Gasteiger partial charge in [0.25, 0.3) is 0 Å². The summed E-state index contributed by atoms with van der Waals surface area (Å²) in [6, 6.07) is 5.75. The maximum absolute atomic E-state index is 13.1. The topological polar surface area (TPSA) is 88.1 Å². The SMILES string of the molecule is O=C(O)[C@@H]1CN(C(=O)Nc2ccccc2OC2CCOC2)C[C@H]1C(F)(F)F. The number of ether oxygens (including phenoxy) is 2. The van der Waals surface area contributed by atoms with Crippen LogP contribution in [-0.4, -0.2) is 60.6 Å². The molecule has 7 nitrogen and oxygen atoms in total. The molecule has 2 amide bonds. The van der Waals surface area contributed by atoms with E-state index >= 15 is 0 Å². The third-order valence-corrected chi connectivity index (χ3v) is 4.65. The van der Waals surface area contributed by atoms with Crippen molar-refractivity contribution in [1.82, 2.24) is 4.90 Å². The molecular weight excluding hydrogens is 369 g/mol. The second kappa shape index (κ2) is 7.63. The Kier molecular flexibility index (Phi) is 5.45. The van der Waals surface area contributed by atoms with Gasteiger partial charge in [0, 0.05) is 19.5 Å². The lowest BCUT2D eigenvalue weighted by Gasteiger charge is -2.20. The number of nitrogens with one attached hydrogen (secondary N) is 1. The number of nitrogens with zero attached hydrogens (tertiary/aromatic N) is 1. The smallest absolute Gasteiger partial charge is 0.394 e. The summed E-state index contributed by atoms with van der Waals surface area (Å²) in [6.45, 7) is -0.221. The van der Waals surface area contributed by atoms with Gasteiger partial charge in [0.05, 0.1) is 30.7 Å². The van der Waals surface area contributed by atoms with Gasteiger partial charge in [-0.25, -0.2) is 4.79 Å². The fourth-order valence-electron chi connectivity index (χ4n) is 3.20. The molecule has 27 heavy (non-hydrogen) atoms. The molecule has 3 rings (SSSR count). The van der Waals surface area contributed by atoms with E-state index in [0.29, 0.717) is 31.1 Å². The Morgan fingerprint density at radius 1 is 1.26 bits per heavy atom. The van der Waals surface area contributed by atoms with Crippen molar-refractivity contribution in [3.05, 3.63) is 24.3 Å². The van der Waals surface area contributed by atoms with Crippen LogP contribution in [0.4, 0.5) is 23.7 Å². The zero-order chi connectivity index (χ0) is 19.6. The van der Waals surface area contributed by atoms with Crippen LogP contribution in [0.2, 0.25) is 0 Å². The van der Waals surface area contributed by atoms with E-state index in [1.807, 2.05) is 0 Å². The average molecular weight is 388 g/mol. The predicted octanol–water partition coefficient (Wildman–Crippen LogP) is 2.58. The van der Waals surface area contributed by atoms with Crippen LogP contribution in [0.5, 0.6) is 5.75 Å². The number of amides is 2. The molecule has 1 aromatic carbocycles. The number of para-hydroxylation sites is 2. The number of carbonyl (C=O) groups excluding carboxylic acids is 1. The van der Waals surface area contributed by atoms with E-state index in [9.17, 15) is 22.8 Å². The first-order chi connectivity index (χ1) is 12.8. The number of urea groups is 1. The number of likely N-dealkylation sites (tertiary alicyclic amines) is 1. The normalized spacial score (nSPS) is 25.4. The number of halogens is 3. The highest BCUT2D eigenvalue weighted by Gasteiger charge is 2.53. The fraction of sp³-hybridized carbons (Fsp3) is 0.529. The summed E-state index contributed by atoms with van der Waals surface area (Å²) in [6.07, 6.45) is -4.16. The predicted molar refractivity (Wildman–Crippen MR) is 87.6 cm³/mol. The maximum atomic E-state index is 13.1. The molecule has 0 saturated carbocycles. The van der Waals surface area contributed by atoms with Gasteiger partial charge in [-0.15, -0.1) is 0 Å². The van der Waals surface area contributed by atoms with Crippen molar-refractivity contribution in [2.45, 2.75) is 18.7 Å². The molecule has 0 bridgehead atoms. The van der Waals surface area contributed by atoms with Crippen LogP contribution < -0.4 is 10.1 Å². The first-order valence-electron chi connectivity index (χ1n) is 8.44. The highest BCUT2D eigenvalue weighted by Crippen LogP contribution is 2.38. The lowest BCUT2D eigenvalue weighted by molar-refractivity contribution is -0.187. The van der Waals surface area contributed by atoms with E-state index < -0.39 is 43.1 Å². The number of rotatable bonds is 4. The molecule has 10 heteroatoms. The molecule has 1 aromatic rings. The van der Waals surface area contributed by atoms with Crippen LogP contribution in [-0.2, 0) is 9.53 Å². The number of hydrogen-bond acceptors (Lipinski definition) is 4. The number of hydrogen-bond donors (Lipinski definition) is 2. The summed E-state index contributed by atoms with van der Waals surface area (Å²) in [4.78, 5) is 24.4. The second-order valence-corrected chi connectivity index (χ2v) is 6.53. The number of aliphatic carboxylic acids is 1. The maximum Gasteiger partial charge on any atom is 0.394 e. The van der Waals surface area contributed by atoms with Gasteiger partial charge >= 0.3 is 18.2 Å². The summed E-state index contributed by atoms with van der Waals surface area (Å²) < 4.78 is 50.2. The molecule has 2 N–H and O–H groups in total. The third-order valence-electron chi connectivity index (χ3n) is 4.65. The summed E-state index contributed by atoms with van der Waals surface area (Å²) in [5, 5.41) is 11.6. The Morgan fingerprint density at radius 2 is 2.00 bits per heavy atom. The molecule has 3 atom stereocenters. The number of benzene rings is 1. The Bertz CT molecular complexity index is 706. The van der Waals surface area contributed by atoms with Crippen molar-refractivity contribution in [2.24, 2.45) is 11.8 Å². The summed E-state index contributed by atoms with van der Waals surface area (Å²) >= 11 is 0. The van der Waals surface area contributed by atoms with Gasteiger partial charge in [-0.05, 0) is 12.1 Å². The van der Waals surface area contributed by atoms with Crippen molar-refractivity contribution in [1.29, 1.82) is 0 Å². The van der Waals surface area contributed by atoms with Gasteiger partial charge in [-0.1, -0.05) is 12.1 Å². The molecule has 2 aliphatic rings. The minimum Gasteiger partial charge on any atom is -0.486 e. The minimum atomic E-state index is -4.69. The zero-order valence-electron chi connectivity index (χ0n) is 14.2. The van der Waals surface area contributed by atoms with E-state index in [1.165, 1.54) is 0 Å². The van der Waals surface area contributed by atoms with Crippen LogP contribution >= 0.6 is 0 Å². The molecule has 2 heterocycles. The van der Waals surface area contributed by atoms with E-state index in [0.717, 1.165) is 4.90 Å². The Morgan fingerprint density at radius 3 is 2.59 bits per heavy atom. The summed E-state index contributed by atoms with van der Waals surface area (Å²) in [7, 11) is 0. The summed E-state index contributed by atoms with van der Waals surface area (Å²) in [5.41, 5.74) is 0.303. The number of carbonyl (C=O) groups is 2. The quantitative estimate of drug-likeness (QED) is 0.828. The minimum absolute atomic E-state index is 0.166. The van der Waals surface area contributed by atoms with Crippen LogP contribution in [0.1, 0.15) is 6.42 Å². The van der Waals surface area contributed by atoms with E-state index in [1.54, 1.807) is 24.3 Å². The number of carboxylic acids is 1. The van der Waals surface area contributed by atoms with Crippen LogP contribution in [0, 0.1) is 11.8 Å². The molecule has 0 radical (unpaired) electrons. The fourth-order valence-corrected chi connectivity index (χ4v) is 3.20. The number of carboxylic acid groups (broad SMARTS) is 1. The van der Waals surface area contributed by atoms with Crippen molar-refractivity contribution in [3.63, 3.8) is 0 Å². The molecule has 2 saturated heterocycles. The second-order valence-electron chi connectivity index (χ2n) is 6.53. The monoisotopic (exact) mass is 388 g/mol. The molecular formula is C17H19F3N2O5. The van der Waals surface area contributed by atoms with Crippen molar-refractivity contribution < 1.29 is 37.3 Å². The van der Waals surface area contributed by atoms with Gasteiger partial charge in [0.1, 0.15) is 11.9 Å². The first kappa shape index (κ1) is 19.3. The largest absolute Gasteiger partial charge is 0.486 e. The van der Waals surface area contributed by atoms with Gasteiger partial charge < -0.3 is 24.8 Å². The van der Waals surface area contributed by atoms with Gasteiger partial charge in [0.2, 0.25) is 0 Å². The van der Waals surface area contributed by atoms with Crippen LogP contribution in [0.15, 0.2) is 24.3 Å². The van der Waals surface area contributed by atoms with Crippen LogP contribution in [0.3, 0.4) is 0 Å². The third kappa shape index (κ3) is 4.44. The van der Waals surface area contributed by atoms with Crippen molar-refractivity contribution in [2.75, 3.05) is 31.6 Å². The highest BCUT2D eigenvalue weighted by atomic mass is 19.4. The number of anilines is 1. The Hall–Kier alpha value is -2.49. The average Bonchev–Trinajstić information content (AvgIpc) is 3.25. The Balaban J connectivity index is 1.69. The van der Waals surface area contributed by atoms with E-state index in [2.05, 4.69) is 5.32 Å². The van der Waals surface area contributed by atoms with E-state index in [4.69, 9.17) is 14.6 Å². The molecule has 1 unspecified atom stereocenters. The highest BCUT2D eigenvalue weighted by molar-refractivity contribution is 5.91.